The van der Waals surface area contributed by atoms with Crippen molar-refractivity contribution in [3.63, 3.8) is 0 Å². The zero-order valence-corrected chi connectivity index (χ0v) is 17.2. The summed E-state index contributed by atoms with van der Waals surface area (Å²) in [6, 6.07) is 17.7. The molecule has 2 aromatic rings. The monoisotopic (exact) mass is 414 g/mol. The van der Waals surface area contributed by atoms with Crippen molar-refractivity contribution in [3.8, 4) is 5.75 Å². The number of ether oxygens (including phenoxy) is 2. The molecule has 6 nitrogen and oxygen atoms in total. The maximum Gasteiger partial charge on any atom is 0.232 e. The summed E-state index contributed by atoms with van der Waals surface area (Å²) in [5.74, 6) is 1.44. The SMILES string of the molecule is O=C(CSCC(=O)N1CCOCC1)NCc1ccc(COc2ccccc2)cc1. The average Bonchev–Trinajstić information content (AvgIpc) is 2.78. The van der Waals surface area contributed by atoms with Crippen LogP contribution >= 0.6 is 11.8 Å². The third-order valence-electron chi connectivity index (χ3n) is 4.48. The van der Waals surface area contributed by atoms with Gasteiger partial charge < -0.3 is 19.7 Å². The van der Waals surface area contributed by atoms with E-state index < -0.39 is 0 Å². The zero-order chi connectivity index (χ0) is 20.3. The highest BCUT2D eigenvalue weighted by atomic mass is 32.2. The fraction of sp³-hybridized carbons (Fsp3) is 0.364. The van der Waals surface area contributed by atoms with E-state index in [0.29, 0.717) is 45.2 Å². The Balaban J connectivity index is 1.31. The standard InChI is InChI=1S/C22H26N2O4S/c25-21(16-29-17-22(26)24-10-12-27-13-11-24)23-14-18-6-8-19(9-7-18)15-28-20-4-2-1-3-5-20/h1-9H,10-17H2,(H,23,25). The van der Waals surface area contributed by atoms with Gasteiger partial charge in [0.25, 0.3) is 0 Å². The molecule has 0 radical (unpaired) electrons. The van der Waals surface area contributed by atoms with Gasteiger partial charge in [-0.15, -0.1) is 11.8 Å². The minimum Gasteiger partial charge on any atom is -0.489 e. The molecule has 1 saturated heterocycles. The predicted molar refractivity (Wildman–Crippen MR) is 114 cm³/mol. The van der Waals surface area contributed by atoms with Crippen LogP contribution in [-0.2, 0) is 27.5 Å². The van der Waals surface area contributed by atoms with Crippen LogP contribution in [0.5, 0.6) is 5.75 Å². The average molecular weight is 415 g/mol. The molecule has 0 aliphatic carbocycles. The summed E-state index contributed by atoms with van der Waals surface area (Å²) in [6.45, 7) is 3.43. The van der Waals surface area contributed by atoms with Crippen LogP contribution in [0.2, 0.25) is 0 Å². The van der Waals surface area contributed by atoms with Gasteiger partial charge >= 0.3 is 0 Å². The summed E-state index contributed by atoms with van der Waals surface area (Å²) < 4.78 is 11.0. The van der Waals surface area contributed by atoms with E-state index in [9.17, 15) is 9.59 Å². The second-order valence-corrected chi connectivity index (χ2v) is 7.67. The van der Waals surface area contributed by atoms with Crippen molar-refractivity contribution >= 4 is 23.6 Å². The molecule has 0 unspecified atom stereocenters. The molecule has 0 atom stereocenters. The molecule has 0 saturated carbocycles. The minimum atomic E-state index is -0.0683. The van der Waals surface area contributed by atoms with Crippen molar-refractivity contribution < 1.29 is 19.1 Å². The van der Waals surface area contributed by atoms with Crippen molar-refractivity contribution in [1.29, 1.82) is 0 Å². The highest BCUT2D eigenvalue weighted by Gasteiger charge is 2.16. The Morgan fingerprint density at radius 1 is 0.966 bits per heavy atom. The van der Waals surface area contributed by atoms with Gasteiger partial charge in [0.1, 0.15) is 12.4 Å². The van der Waals surface area contributed by atoms with Gasteiger partial charge in [0, 0.05) is 19.6 Å². The molecule has 1 aliphatic rings. The number of nitrogens with one attached hydrogen (secondary N) is 1. The summed E-state index contributed by atoms with van der Waals surface area (Å²) in [4.78, 5) is 25.8. The second kappa shape index (κ2) is 11.5. The van der Waals surface area contributed by atoms with Crippen molar-refractivity contribution in [2.24, 2.45) is 0 Å². The molecule has 7 heteroatoms. The van der Waals surface area contributed by atoms with Crippen molar-refractivity contribution in [1.82, 2.24) is 10.2 Å². The summed E-state index contributed by atoms with van der Waals surface area (Å²) in [5, 5.41) is 2.89. The summed E-state index contributed by atoms with van der Waals surface area (Å²) in [6.07, 6.45) is 0. The Labute approximate surface area is 175 Å². The molecular formula is C22H26N2O4S. The molecule has 1 N–H and O–H groups in total. The summed E-state index contributed by atoms with van der Waals surface area (Å²) >= 11 is 1.34. The Bertz CT molecular complexity index is 777. The van der Waals surface area contributed by atoms with E-state index in [1.54, 1.807) is 4.90 Å². The fourth-order valence-electron chi connectivity index (χ4n) is 2.82. The van der Waals surface area contributed by atoms with Crippen LogP contribution in [0, 0.1) is 0 Å². The number of rotatable bonds is 9. The van der Waals surface area contributed by atoms with Crippen molar-refractivity contribution in [3.05, 3.63) is 65.7 Å². The van der Waals surface area contributed by atoms with E-state index in [1.165, 1.54) is 11.8 Å². The normalized spacial score (nSPS) is 13.7. The number of morpholine rings is 1. The first-order valence-corrected chi connectivity index (χ1v) is 10.8. The van der Waals surface area contributed by atoms with Gasteiger partial charge in [-0.3, -0.25) is 9.59 Å². The van der Waals surface area contributed by atoms with Crippen LogP contribution in [0.3, 0.4) is 0 Å². The molecular weight excluding hydrogens is 388 g/mol. The van der Waals surface area contributed by atoms with Crippen LogP contribution in [0.1, 0.15) is 11.1 Å². The maximum atomic E-state index is 12.0. The van der Waals surface area contributed by atoms with Crippen LogP contribution in [0.15, 0.2) is 54.6 Å². The third-order valence-corrected chi connectivity index (χ3v) is 5.40. The van der Waals surface area contributed by atoms with E-state index >= 15 is 0 Å². The predicted octanol–water partition coefficient (Wildman–Crippen LogP) is 2.47. The van der Waals surface area contributed by atoms with E-state index in [0.717, 1.165) is 16.9 Å². The van der Waals surface area contributed by atoms with Gasteiger partial charge in [0.05, 0.1) is 24.7 Å². The Morgan fingerprint density at radius 3 is 2.38 bits per heavy atom. The lowest BCUT2D eigenvalue weighted by atomic mass is 10.1. The first-order valence-electron chi connectivity index (χ1n) is 9.66. The maximum absolute atomic E-state index is 12.0. The van der Waals surface area contributed by atoms with Gasteiger partial charge in [0.2, 0.25) is 11.8 Å². The molecule has 29 heavy (non-hydrogen) atoms. The Kier molecular flexibility index (Phi) is 8.40. The largest absolute Gasteiger partial charge is 0.489 e. The molecule has 0 aromatic heterocycles. The van der Waals surface area contributed by atoms with Crippen LogP contribution in [0.25, 0.3) is 0 Å². The van der Waals surface area contributed by atoms with E-state index in [4.69, 9.17) is 9.47 Å². The lowest BCUT2D eigenvalue weighted by Crippen LogP contribution is -2.41. The lowest BCUT2D eigenvalue weighted by molar-refractivity contribution is -0.132. The summed E-state index contributed by atoms with van der Waals surface area (Å²) in [5.41, 5.74) is 2.09. The first-order chi connectivity index (χ1) is 14.2. The van der Waals surface area contributed by atoms with Gasteiger partial charge in [-0.05, 0) is 23.3 Å². The number of carbonyl (C=O) groups excluding carboxylic acids is 2. The van der Waals surface area contributed by atoms with Crippen molar-refractivity contribution in [2.75, 3.05) is 37.8 Å². The molecule has 1 fully saturated rings. The Hall–Kier alpha value is -2.51. The molecule has 0 spiro atoms. The molecule has 3 rings (SSSR count). The number of nitrogens with zero attached hydrogens (tertiary/aromatic N) is 1. The van der Waals surface area contributed by atoms with Crippen molar-refractivity contribution in [2.45, 2.75) is 13.2 Å². The molecule has 2 amide bonds. The number of hydrogen-bond donors (Lipinski definition) is 1. The second-order valence-electron chi connectivity index (χ2n) is 6.68. The highest BCUT2D eigenvalue weighted by Crippen LogP contribution is 2.12. The Morgan fingerprint density at radius 2 is 1.66 bits per heavy atom. The van der Waals surface area contributed by atoms with Gasteiger partial charge in [0.15, 0.2) is 0 Å². The number of thioether (sulfide) groups is 1. The number of amides is 2. The molecule has 1 aliphatic heterocycles. The zero-order valence-electron chi connectivity index (χ0n) is 16.3. The fourth-order valence-corrected chi connectivity index (χ4v) is 3.57. The molecule has 1 heterocycles. The third kappa shape index (κ3) is 7.44. The van der Waals surface area contributed by atoms with Gasteiger partial charge in [-0.2, -0.15) is 0 Å². The molecule has 0 bridgehead atoms. The molecule has 154 valence electrons. The van der Waals surface area contributed by atoms with Crippen LogP contribution in [-0.4, -0.2) is 54.5 Å². The topological polar surface area (TPSA) is 67.9 Å². The smallest absolute Gasteiger partial charge is 0.232 e. The number of carbonyl (C=O) groups is 2. The van der Waals surface area contributed by atoms with Crippen LogP contribution in [0.4, 0.5) is 0 Å². The summed E-state index contributed by atoms with van der Waals surface area (Å²) in [7, 11) is 0. The van der Waals surface area contributed by atoms with E-state index in [-0.39, 0.29) is 17.6 Å². The van der Waals surface area contributed by atoms with Gasteiger partial charge in [-0.25, -0.2) is 0 Å². The van der Waals surface area contributed by atoms with E-state index in [1.807, 2.05) is 54.6 Å². The minimum absolute atomic E-state index is 0.0683. The number of benzene rings is 2. The molecule has 2 aromatic carbocycles. The van der Waals surface area contributed by atoms with Crippen LogP contribution < -0.4 is 10.1 Å². The highest BCUT2D eigenvalue weighted by molar-refractivity contribution is 8.00. The quantitative estimate of drug-likeness (QED) is 0.683. The lowest BCUT2D eigenvalue weighted by Gasteiger charge is -2.26. The first kappa shape index (κ1) is 21.2. The van der Waals surface area contributed by atoms with Gasteiger partial charge in [-0.1, -0.05) is 42.5 Å². The number of para-hydroxylation sites is 1. The number of hydrogen-bond acceptors (Lipinski definition) is 5. The van der Waals surface area contributed by atoms with E-state index in [2.05, 4.69) is 5.32 Å².